The van der Waals surface area contributed by atoms with Crippen molar-refractivity contribution in [2.45, 2.75) is 18.4 Å². The predicted octanol–water partition coefficient (Wildman–Crippen LogP) is -1.14. The molecule has 15 heavy (non-hydrogen) atoms. The number of carbonyl (C=O) groups excluding carboxylic acids is 1. The second-order valence-electron chi connectivity index (χ2n) is 2.67. The van der Waals surface area contributed by atoms with Crippen LogP contribution in [0.2, 0.25) is 0 Å². The van der Waals surface area contributed by atoms with E-state index in [2.05, 4.69) is 15.9 Å². The molecule has 1 unspecified atom stereocenters. The molecule has 0 radical (unpaired) electrons. The Labute approximate surface area is 82.7 Å². The highest BCUT2D eigenvalue weighted by Gasteiger charge is 2.45. The second kappa shape index (κ2) is 5.00. The molecule has 0 rings (SSSR count). The van der Waals surface area contributed by atoms with Gasteiger partial charge in [0.25, 0.3) is 0 Å². The van der Waals surface area contributed by atoms with E-state index in [4.69, 9.17) is 10.2 Å². The topological polar surface area (TPSA) is 156 Å². The molecule has 9 nitrogen and oxygen atoms in total. The molecule has 0 saturated heterocycles. The van der Waals surface area contributed by atoms with Crippen molar-refractivity contribution in [3.05, 3.63) is 4.91 Å². The van der Waals surface area contributed by atoms with Crippen LogP contribution in [0.3, 0.4) is 0 Å². The quantitative estimate of drug-likeness (QED) is 0.374. The number of hydrogen-bond acceptors (Lipinski definition) is 7. The molecule has 4 N–H and O–H groups in total. The van der Waals surface area contributed by atoms with Crippen LogP contribution in [0.15, 0.2) is 5.18 Å². The van der Waals surface area contributed by atoms with Crippen molar-refractivity contribution in [2.75, 3.05) is 0 Å². The first-order valence-corrected chi connectivity index (χ1v) is 3.57. The van der Waals surface area contributed by atoms with Gasteiger partial charge in [-0.2, -0.15) is 5.90 Å². The Bertz CT molecular complexity index is 302. The van der Waals surface area contributed by atoms with E-state index in [1.807, 2.05) is 0 Å². The van der Waals surface area contributed by atoms with Crippen molar-refractivity contribution >= 4 is 17.9 Å². The Balaban J connectivity index is 4.97. The Kier molecular flexibility index (Phi) is 4.33. The van der Waals surface area contributed by atoms with Gasteiger partial charge in [-0.05, 0) is 5.18 Å². The van der Waals surface area contributed by atoms with E-state index in [0.717, 1.165) is 0 Å². The number of aliphatic carboxylic acids is 2. The van der Waals surface area contributed by atoms with Gasteiger partial charge in [-0.25, -0.2) is 4.79 Å². The molecule has 0 aromatic carbocycles. The lowest BCUT2D eigenvalue weighted by molar-refractivity contribution is -0.156. The summed E-state index contributed by atoms with van der Waals surface area (Å²) in [4.78, 5) is 45.6. The van der Waals surface area contributed by atoms with Gasteiger partial charge in [0.2, 0.25) is 5.54 Å². The highest BCUT2D eigenvalue weighted by Crippen LogP contribution is 2.21. The zero-order valence-corrected chi connectivity index (χ0v) is 7.37. The van der Waals surface area contributed by atoms with Gasteiger partial charge in [-0.15, -0.1) is 4.91 Å². The van der Waals surface area contributed by atoms with Crippen LogP contribution in [0.1, 0.15) is 12.8 Å². The molecule has 0 spiro atoms. The average Bonchev–Trinajstić information content (AvgIpc) is 2.15. The Morgan fingerprint density at radius 3 is 2.07 bits per heavy atom. The van der Waals surface area contributed by atoms with Gasteiger partial charge in [-0.3, -0.25) is 9.59 Å². The first-order chi connectivity index (χ1) is 6.88. The number of nitrogens with two attached hydrogens (primary N) is 1. The zero-order valence-electron chi connectivity index (χ0n) is 7.37. The van der Waals surface area contributed by atoms with Crippen LogP contribution in [0.4, 0.5) is 0 Å². The Hall–Kier alpha value is -2.03. The van der Waals surface area contributed by atoms with E-state index in [9.17, 15) is 19.3 Å². The number of carboxylic acids is 2. The van der Waals surface area contributed by atoms with E-state index in [1.165, 1.54) is 0 Å². The van der Waals surface area contributed by atoms with Crippen molar-refractivity contribution in [2.24, 2.45) is 11.1 Å². The minimum absolute atomic E-state index is 1.03. The summed E-state index contributed by atoms with van der Waals surface area (Å²) in [5.41, 5.74) is -2.58. The van der Waals surface area contributed by atoms with Gasteiger partial charge in [0.05, 0.1) is 12.8 Å². The molecule has 0 saturated carbocycles. The molecule has 0 aliphatic carbocycles. The minimum Gasteiger partial charge on any atom is -0.481 e. The number of hydrogen-bond donors (Lipinski definition) is 3. The summed E-state index contributed by atoms with van der Waals surface area (Å²) in [6.45, 7) is 0. The second-order valence-corrected chi connectivity index (χ2v) is 2.67. The molecule has 84 valence electrons. The summed E-state index contributed by atoms with van der Waals surface area (Å²) in [6.07, 6.45) is -2.16. The van der Waals surface area contributed by atoms with Gasteiger partial charge in [0.1, 0.15) is 0 Å². The number of rotatable bonds is 6. The van der Waals surface area contributed by atoms with Gasteiger partial charge >= 0.3 is 17.9 Å². The third-order valence-electron chi connectivity index (χ3n) is 1.58. The van der Waals surface area contributed by atoms with Crippen LogP contribution in [0, 0.1) is 4.91 Å². The van der Waals surface area contributed by atoms with Crippen molar-refractivity contribution in [1.29, 1.82) is 0 Å². The van der Waals surface area contributed by atoms with Gasteiger partial charge in [0.15, 0.2) is 0 Å². The van der Waals surface area contributed by atoms with Crippen LogP contribution in [-0.2, 0) is 19.2 Å². The third-order valence-corrected chi connectivity index (χ3v) is 1.58. The predicted molar refractivity (Wildman–Crippen MR) is 43.3 cm³/mol. The first-order valence-electron chi connectivity index (χ1n) is 3.57. The summed E-state index contributed by atoms with van der Waals surface area (Å²) in [5, 5.41) is 19.1. The molecule has 0 fully saturated rings. The lowest BCUT2D eigenvalue weighted by Gasteiger charge is -2.17. The van der Waals surface area contributed by atoms with E-state index in [0.29, 0.717) is 0 Å². The van der Waals surface area contributed by atoms with Crippen LogP contribution in [-0.4, -0.2) is 33.7 Å². The molecule has 0 aromatic rings. The fourth-order valence-electron chi connectivity index (χ4n) is 0.848. The van der Waals surface area contributed by atoms with Crippen molar-refractivity contribution in [1.82, 2.24) is 0 Å². The zero-order chi connectivity index (χ0) is 12.1. The molecule has 0 amide bonds. The Morgan fingerprint density at radius 1 is 1.27 bits per heavy atom. The highest BCUT2D eigenvalue weighted by molar-refractivity contribution is 5.90. The summed E-state index contributed by atoms with van der Waals surface area (Å²) in [6, 6.07) is 0. The maximum Gasteiger partial charge on any atom is 0.336 e. The molecule has 0 aromatic heterocycles. The third kappa shape index (κ3) is 3.31. The van der Waals surface area contributed by atoms with Crippen molar-refractivity contribution in [3.8, 4) is 0 Å². The molecule has 0 aliphatic rings. The summed E-state index contributed by atoms with van der Waals surface area (Å²) in [7, 11) is 0. The molecule has 9 heteroatoms. The Morgan fingerprint density at radius 2 is 1.80 bits per heavy atom. The molecule has 0 heterocycles. The molecule has 0 aliphatic heterocycles. The van der Waals surface area contributed by atoms with Crippen molar-refractivity contribution < 1.29 is 29.4 Å². The number of nitroso groups, excluding NO2 is 1. The minimum atomic E-state index is -2.58. The lowest BCUT2D eigenvalue weighted by Crippen LogP contribution is -2.41. The number of carbonyl (C=O) groups is 3. The monoisotopic (exact) mass is 220 g/mol. The highest BCUT2D eigenvalue weighted by atomic mass is 16.7. The smallest absolute Gasteiger partial charge is 0.336 e. The van der Waals surface area contributed by atoms with Gasteiger partial charge in [0, 0.05) is 0 Å². The maximum atomic E-state index is 10.7. The molecular weight excluding hydrogens is 212 g/mol. The normalized spacial score (nSPS) is 13.7. The molecule has 0 bridgehead atoms. The van der Waals surface area contributed by atoms with Gasteiger partial charge < -0.3 is 15.1 Å². The van der Waals surface area contributed by atoms with Crippen molar-refractivity contribution in [3.63, 3.8) is 0 Å². The van der Waals surface area contributed by atoms with Crippen LogP contribution < -0.4 is 5.90 Å². The SMILES string of the molecule is NOC(=O)CC(CC(=O)O)(N=O)C(=O)O. The number of carboxylic acid groups (broad SMARTS) is 2. The van der Waals surface area contributed by atoms with Gasteiger partial charge in [-0.1, -0.05) is 0 Å². The van der Waals surface area contributed by atoms with E-state index >= 15 is 0 Å². The molecule has 1 atom stereocenters. The first kappa shape index (κ1) is 13.0. The maximum absolute atomic E-state index is 10.7. The molecular formula is C6H8N2O7. The lowest BCUT2D eigenvalue weighted by atomic mass is 9.92. The summed E-state index contributed by atoms with van der Waals surface area (Å²) >= 11 is 0. The summed E-state index contributed by atoms with van der Waals surface area (Å²) in [5.74, 6) is -0.217. The standard InChI is InChI=1S/C6H8N2O7/c7-15-4(11)2-6(8-14,5(12)13)1-3(9)10/h1-2,7H2,(H,9,10)(H,12,13). The number of nitrogens with zero attached hydrogens (tertiary/aromatic N) is 1. The van der Waals surface area contributed by atoms with E-state index in [1.54, 1.807) is 0 Å². The fourth-order valence-corrected chi connectivity index (χ4v) is 0.848. The largest absolute Gasteiger partial charge is 0.481 e. The fraction of sp³-hybridized carbons (Fsp3) is 0.500. The average molecular weight is 220 g/mol. The van der Waals surface area contributed by atoms with E-state index in [-0.39, 0.29) is 0 Å². The van der Waals surface area contributed by atoms with Crippen LogP contribution in [0.25, 0.3) is 0 Å². The van der Waals surface area contributed by atoms with Crippen LogP contribution in [0.5, 0.6) is 0 Å². The van der Waals surface area contributed by atoms with Crippen LogP contribution >= 0.6 is 0 Å². The summed E-state index contributed by atoms with van der Waals surface area (Å²) < 4.78 is 0. The van der Waals surface area contributed by atoms with E-state index < -0.39 is 36.3 Å².